The first-order valence-corrected chi connectivity index (χ1v) is 11.3. The minimum Gasteiger partial charge on any atom is -0.376 e. The van der Waals surface area contributed by atoms with Gasteiger partial charge in [0.15, 0.2) is 0 Å². The first-order valence-electron chi connectivity index (χ1n) is 9.51. The second kappa shape index (κ2) is 9.15. The summed E-state index contributed by atoms with van der Waals surface area (Å²) in [4.78, 5) is 12.7. The molecule has 0 spiro atoms. The average molecular weight is 437 g/mol. The molecule has 1 heterocycles. The van der Waals surface area contributed by atoms with Crippen LogP contribution in [0.15, 0.2) is 47.4 Å². The van der Waals surface area contributed by atoms with Crippen LogP contribution in [0.3, 0.4) is 0 Å². The second-order valence-corrected chi connectivity index (χ2v) is 9.47. The summed E-state index contributed by atoms with van der Waals surface area (Å²) in [5.74, 6) is -0.395. The molecule has 1 aliphatic rings. The maximum atomic E-state index is 13.3. The third-order valence-corrected chi connectivity index (χ3v) is 7.09. The molecule has 0 aromatic heterocycles. The van der Waals surface area contributed by atoms with Gasteiger partial charge in [0.1, 0.15) is 6.54 Å². The number of carbonyl (C=O) groups is 1. The standard InChI is InChI=1S/C21H25ClN2O4S/c1-15-5-9-19(10-6-15)29(26,27)24(17-8-7-16(2)20(22)12-17)14-21(25)23-13-18-4-3-11-28-18/h5-10,12,18H,3-4,11,13-14H2,1-2H3,(H,23,25). The van der Waals surface area contributed by atoms with Gasteiger partial charge >= 0.3 is 0 Å². The number of carbonyl (C=O) groups excluding carboxylic acids is 1. The zero-order valence-corrected chi connectivity index (χ0v) is 18.1. The zero-order valence-electron chi connectivity index (χ0n) is 16.5. The molecule has 2 aromatic rings. The molecule has 6 nitrogen and oxygen atoms in total. The lowest BCUT2D eigenvalue weighted by atomic mass is 10.2. The summed E-state index contributed by atoms with van der Waals surface area (Å²) in [6.45, 7) is 4.43. The molecule has 1 atom stereocenters. The van der Waals surface area contributed by atoms with Crippen molar-refractivity contribution in [3.05, 3.63) is 58.6 Å². The van der Waals surface area contributed by atoms with Gasteiger partial charge in [-0.25, -0.2) is 8.42 Å². The first-order chi connectivity index (χ1) is 13.8. The molecular formula is C21H25ClN2O4S. The highest BCUT2D eigenvalue weighted by molar-refractivity contribution is 7.92. The largest absolute Gasteiger partial charge is 0.376 e. The number of nitrogens with one attached hydrogen (secondary N) is 1. The van der Waals surface area contributed by atoms with Gasteiger partial charge in [0.05, 0.1) is 16.7 Å². The van der Waals surface area contributed by atoms with Crippen LogP contribution < -0.4 is 9.62 Å². The predicted octanol–water partition coefficient (Wildman–Crippen LogP) is 3.45. The molecular weight excluding hydrogens is 412 g/mol. The fourth-order valence-electron chi connectivity index (χ4n) is 3.11. The number of amides is 1. The molecule has 156 valence electrons. The Balaban J connectivity index is 1.87. The van der Waals surface area contributed by atoms with Crippen LogP contribution in [0.4, 0.5) is 5.69 Å². The molecule has 1 saturated heterocycles. The summed E-state index contributed by atoms with van der Waals surface area (Å²) in [7, 11) is -3.95. The number of hydrogen-bond acceptors (Lipinski definition) is 4. The molecule has 0 bridgehead atoms. The number of halogens is 1. The molecule has 1 amide bonds. The molecule has 8 heteroatoms. The molecule has 1 unspecified atom stereocenters. The van der Waals surface area contributed by atoms with Crippen LogP contribution in [0.5, 0.6) is 0 Å². The Morgan fingerprint density at radius 3 is 2.55 bits per heavy atom. The van der Waals surface area contributed by atoms with Gasteiger partial charge in [0.25, 0.3) is 10.0 Å². The fourth-order valence-corrected chi connectivity index (χ4v) is 4.70. The van der Waals surface area contributed by atoms with Crippen LogP contribution in [0.2, 0.25) is 5.02 Å². The van der Waals surface area contributed by atoms with E-state index >= 15 is 0 Å². The van der Waals surface area contributed by atoms with Gasteiger partial charge in [-0.1, -0.05) is 35.4 Å². The van der Waals surface area contributed by atoms with Crippen LogP contribution in [0.1, 0.15) is 24.0 Å². The van der Waals surface area contributed by atoms with Gasteiger partial charge in [0.2, 0.25) is 5.91 Å². The average Bonchev–Trinajstić information content (AvgIpc) is 3.21. The number of anilines is 1. The van der Waals surface area contributed by atoms with Gasteiger partial charge in [-0.15, -0.1) is 0 Å². The minimum absolute atomic E-state index is 0.0186. The molecule has 2 aromatic carbocycles. The van der Waals surface area contributed by atoms with E-state index < -0.39 is 15.9 Å². The fraction of sp³-hybridized carbons (Fsp3) is 0.381. The van der Waals surface area contributed by atoms with Crippen LogP contribution in [0, 0.1) is 13.8 Å². The summed E-state index contributed by atoms with van der Waals surface area (Å²) in [6.07, 6.45) is 1.84. The Kier molecular flexibility index (Phi) is 6.82. The maximum absolute atomic E-state index is 13.3. The Morgan fingerprint density at radius 1 is 1.21 bits per heavy atom. The van der Waals surface area contributed by atoms with Crippen LogP contribution in [-0.4, -0.2) is 40.1 Å². The van der Waals surface area contributed by atoms with Gasteiger partial charge in [0, 0.05) is 18.2 Å². The number of rotatable bonds is 7. The Bertz CT molecular complexity index is 971. The van der Waals surface area contributed by atoms with Crippen molar-refractivity contribution in [3.8, 4) is 0 Å². The van der Waals surface area contributed by atoms with Crippen molar-refractivity contribution in [2.24, 2.45) is 0 Å². The predicted molar refractivity (Wildman–Crippen MR) is 114 cm³/mol. The normalized spacial score (nSPS) is 16.6. The molecule has 1 aliphatic heterocycles. The number of aryl methyl sites for hydroxylation is 2. The van der Waals surface area contributed by atoms with Crippen molar-refractivity contribution in [2.75, 3.05) is 24.0 Å². The third-order valence-electron chi connectivity index (χ3n) is 4.89. The van der Waals surface area contributed by atoms with Crippen molar-refractivity contribution in [3.63, 3.8) is 0 Å². The number of sulfonamides is 1. The van der Waals surface area contributed by atoms with Crippen LogP contribution in [-0.2, 0) is 19.6 Å². The summed E-state index contributed by atoms with van der Waals surface area (Å²) < 4.78 is 33.2. The third kappa shape index (κ3) is 5.29. The zero-order chi connectivity index (χ0) is 21.0. The van der Waals surface area contributed by atoms with Crippen molar-refractivity contribution >= 4 is 33.2 Å². The van der Waals surface area contributed by atoms with E-state index in [-0.39, 0.29) is 17.5 Å². The quantitative estimate of drug-likeness (QED) is 0.721. The molecule has 29 heavy (non-hydrogen) atoms. The lowest BCUT2D eigenvalue weighted by Crippen LogP contribution is -2.42. The summed E-state index contributed by atoms with van der Waals surface area (Å²) in [5, 5.41) is 3.22. The highest BCUT2D eigenvalue weighted by atomic mass is 35.5. The highest BCUT2D eigenvalue weighted by Gasteiger charge is 2.28. The lowest BCUT2D eigenvalue weighted by Gasteiger charge is -2.25. The topological polar surface area (TPSA) is 75.7 Å². The van der Waals surface area contributed by atoms with Gasteiger partial charge in [-0.3, -0.25) is 9.10 Å². The molecule has 1 N–H and O–H groups in total. The van der Waals surface area contributed by atoms with E-state index in [1.165, 1.54) is 12.1 Å². The van der Waals surface area contributed by atoms with E-state index in [9.17, 15) is 13.2 Å². The molecule has 0 aliphatic carbocycles. The molecule has 3 rings (SSSR count). The number of benzene rings is 2. The van der Waals surface area contributed by atoms with Gasteiger partial charge in [-0.2, -0.15) is 0 Å². The van der Waals surface area contributed by atoms with E-state index in [0.717, 1.165) is 28.3 Å². The molecule has 1 fully saturated rings. The van der Waals surface area contributed by atoms with Gasteiger partial charge in [-0.05, 0) is 56.5 Å². The Morgan fingerprint density at radius 2 is 1.93 bits per heavy atom. The van der Waals surface area contributed by atoms with Crippen molar-refractivity contribution in [2.45, 2.75) is 37.7 Å². The van der Waals surface area contributed by atoms with Crippen molar-refractivity contribution < 1.29 is 17.9 Å². The maximum Gasteiger partial charge on any atom is 0.264 e. The monoisotopic (exact) mass is 436 g/mol. The number of ether oxygens (including phenoxy) is 1. The summed E-state index contributed by atoms with van der Waals surface area (Å²) in [5.41, 5.74) is 2.11. The van der Waals surface area contributed by atoms with Crippen molar-refractivity contribution in [1.82, 2.24) is 5.32 Å². The smallest absolute Gasteiger partial charge is 0.264 e. The molecule has 0 radical (unpaired) electrons. The molecule has 0 saturated carbocycles. The van der Waals surface area contributed by atoms with E-state index in [2.05, 4.69) is 5.32 Å². The van der Waals surface area contributed by atoms with E-state index in [1.54, 1.807) is 30.3 Å². The first kappa shape index (κ1) is 21.6. The Labute approximate surface area is 176 Å². The van der Waals surface area contributed by atoms with Crippen molar-refractivity contribution in [1.29, 1.82) is 0 Å². The lowest BCUT2D eigenvalue weighted by molar-refractivity contribution is -0.120. The number of nitrogens with zero attached hydrogens (tertiary/aromatic N) is 1. The van der Waals surface area contributed by atoms with Gasteiger partial charge < -0.3 is 10.1 Å². The SMILES string of the molecule is Cc1ccc(S(=O)(=O)N(CC(=O)NCC2CCCO2)c2ccc(C)c(Cl)c2)cc1. The second-order valence-electron chi connectivity index (χ2n) is 7.20. The minimum atomic E-state index is -3.95. The highest BCUT2D eigenvalue weighted by Crippen LogP contribution is 2.28. The van der Waals surface area contributed by atoms with E-state index in [1.807, 2.05) is 13.8 Å². The van der Waals surface area contributed by atoms with Crippen LogP contribution in [0.25, 0.3) is 0 Å². The number of hydrogen-bond donors (Lipinski definition) is 1. The van der Waals surface area contributed by atoms with E-state index in [0.29, 0.717) is 23.9 Å². The van der Waals surface area contributed by atoms with E-state index in [4.69, 9.17) is 16.3 Å². The summed E-state index contributed by atoms with van der Waals surface area (Å²) >= 11 is 6.22. The Hall–Kier alpha value is -2.09. The summed E-state index contributed by atoms with van der Waals surface area (Å²) in [6, 6.07) is 11.5. The van der Waals surface area contributed by atoms with Crippen LogP contribution >= 0.6 is 11.6 Å².